The van der Waals surface area contributed by atoms with Crippen molar-refractivity contribution in [1.29, 1.82) is 0 Å². The van der Waals surface area contributed by atoms with Gasteiger partial charge in [-0.1, -0.05) is 42.5 Å². The van der Waals surface area contributed by atoms with Crippen molar-refractivity contribution < 1.29 is 0 Å². The minimum atomic E-state index is 0.786. The van der Waals surface area contributed by atoms with Crippen molar-refractivity contribution in [3.05, 3.63) is 71.4 Å². The summed E-state index contributed by atoms with van der Waals surface area (Å²) in [5.41, 5.74) is 6.38. The summed E-state index contributed by atoms with van der Waals surface area (Å²) in [4.78, 5) is 12.4. The molecule has 2 aromatic carbocycles. The van der Waals surface area contributed by atoms with Crippen molar-refractivity contribution in [3.63, 3.8) is 0 Å². The van der Waals surface area contributed by atoms with Crippen molar-refractivity contribution in [2.75, 3.05) is 18.4 Å². The number of aromatic nitrogens is 4. The van der Waals surface area contributed by atoms with Gasteiger partial charge >= 0.3 is 0 Å². The Kier molecular flexibility index (Phi) is 5.74. The van der Waals surface area contributed by atoms with E-state index in [1.807, 2.05) is 29.8 Å². The molecule has 5 aromatic rings. The SMILES string of the molecule is Cc1cc(Nc2nc3ccc(CN4CCC(C)CC4)cc3s2)nc2c1c(C)nn2-c1ccccc1. The second kappa shape index (κ2) is 9.06. The van der Waals surface area contributed by atoms with Gasteiger partial charge in [-0.3, -0.25) is 4.90 Å². The minimum Gasteiger partial charge on any atom is -0.316 e. The molecule has 0 unspecified atom stereocenters. The fourth-order valence-electron chi connectivity index (χ4n) is 5.03. The molecule has 0 spiro atoms. The Hall–Kier alpha value is -3.29. The lowest BCUT2D eigenvalue weighted by molar-refractivity contribution is 0.185. The highest BCUT2D eigenvalue weighted by Gasteiger charge is 2.17. The number of pyridine rings is 1. The monoisotopic (exact) mass is 482 g/mol. The van der Waals surface area contributed by atoms with E-state index >= 15 is 0 Å². The quantitative estimate of drug-likeness (QED) is 0.305. The van der Waals surface area contributed by atoms with Crippen LogP contribution in [0.2, 0.25) is 0 Å². The van der Waals surface area contributed by atoms with E-state index in [-0.39, 0.29) is 0 Å². The molecule has 35 heavy (non-hydrogen) atoms. The first kappa shape index (κ1) is 22.2. The highest BCUT2D eigenvalue weighted by Crippen LogP contribution is 2.31. The Morgan fingerprint density at radius 2 is 1.80 bits per heavy atom. The molecule has 6 rings (SSSR count). The van der Waals surface area contributed by atoms with Crippen LogP contribution < -0.4 is 5.32 Å². The Balaban J connectivity index is 1.28. The van der Waals surface area contributed by atoms with Gasteiger partial charge in [-0.2, -0.15) is 5.10 Å². The highest BCUT2D eigenvalue weighted by molar-refractivity contribution is 7.22. The Morgan fingerprint density at radius 3 is 2.60 bits per heavy atom. The van der Waals surface area contributed by atoms with Gasteiger partial charge in [0.1, 0.15) is 5.82 Å². The normalized spacial score (nSPS) is 15.3. The fraction of sp³-hybridized carbons (Fsp3) is 0.321. The summed E-state index contributed by atoms with van der Waals surface area (Å²) in [5, 5.41) is 10.2. The molecule has 0 bridgehead atoms. The largest absolute Gasteiger partial charge is 0.316 e. The molecule has 1 N–H and O–H groups in total. The molecule has 7 heteroatoms. The fourth-order valence-corrected chi connectivity index (χ4v) is 5.96. The zero-order valence-corrected chi connectivity index (χ0v) is 21.3. The molecule has 6 nitrogen and oxygen atoms in total. The molecule has 1 aliphatic rings. The molecule has 1 fully saturated rings. The Labute approximate surface area is 209 Å². The second-order valence-corrected chi connectivity index (χ2v) is 10.8. The van der Waals surface area contributed by atoms with E-state index < -0.39 is 0 Å². The lowest BCUT2D eigenvalue weighted by atomic mass is 9.99. The van der Waals surface area contributed by atoms with Gasteiger partial charge in [-0.05, 0) is 87.2 Å². The van der Waals surface area contributed by atoms with Gasteiger partial charge in [0.25, 0.3) is 0 Å². The van der Waals surface area contributed by atoms with Crippen LogP contribution in [0, 0.1) is 19.8 Å². The molecular formula is C28H30N6S. The van der Waals surface area contributed by atoms with Gasteiger partial charge in [0.05, 0.1) is 21.6 Å². The molecule has 1 aliphatic heterocycles. The van der Waals surface area contributed by atoms with Crippen molar-refractivity contribution in [1.82, 2.24) is 24.6 Å². The number of piperidine rings is 1. The number of hydrogen-bond donors (Lipinski definition) is 1. The van der Waals surface area contributed by atoms with E-state index in [9.17, 15) is 0 Å². The number of benzene rings is 2. The number of fused-ring (bicyclic) bond motifs is 2. The molecule has 0 saturated carbocycles. The number of hydrogen-bond acceptors (Lipinski definition) is 6. The van der Waals surface area contributed by atoms with Crippen molar-refractivity contribution in [2.45, 2.75) is 40.2 Å². The maximum atomic E-state index is 4.95. The van der Waals surface area contributed by atoms with E-state index in [1.165, 1.54) is 36.2 Å². The number of nitrogens with one attached hydrogen (secondary N) is 1. The molecule has 0 aliphatic carbocycles. The molecule has 0 atom stereocenters. The van der Waals surface area contributed by atoms with Crippen LogP contribution in [-0.4, -0.2) is 37.7 Å². The van der Waals surface area contributed by atoms with Crippen LogP contribution in [0.25, 0.3) is 26.9 Å². The van der Waals surface area contributed by atoms with Crippen LogP contribution >= 0.6 is 11.3 Å². The van der Waals surface area contributed by atoms with E-state index in [1.54, 1.807) is 11.3 Å². The standard InChI is InChI=1S/C28H30N6S/c1-18-11-13-33(14-12-18)17-21-9-10-23-24(16-21)35-28(29-23)31-25-15-19(2)26-20(3)32-34(27(26)30-25)22-7-5-4-6-8-22/h4-10,15-16,18H,11-14,17H2,1-3H3,(H,29,30,31). The average molecular weight is 483 g/mol. The lowest BCUT2D eigenvalue weighted by Crippen LogP contribution is -2.32. The summed E-state index contributed by atoms with van der Waals surface area (Å²) >= 11 is 1.68. The first-order valence-electron chi connectivity index (χ1n) is 12.3. The maximum absolute atomic E-state index is 4.95. The van der Waals surface area contributed by atoms with Gasteiger partial charge < -0.3 is 5.32 Å². The van der Waals surface area contributed by atoms with Crippen molar-refractivity contribution >= 4 is 43.5 Å². The summed E-state index contributed by atoms with van der Waals surface area (Å²) in [6.45, 7) is 9.93. The van der Waals surface area contributed by atoms with Gasteiger partial charge in [0.2, 0.25) is 0 Å². The number of likely N-dealkylation sites (tertiary alicyclic amines) is 1. The van der Waals surface area contributed by atoms with Crippen molar-refractivity contribution in [2.24, 2.45) is 5.92 Å². The number of anilines is 2. The number of rotatable bonds is 5. The molecule has 0 radical (unpaired) electrons. The summed E-state index contributed by atoms with van der Waals surface area (Å²) in [5.74, 6) is 1.64. The first-order chi connectivity index (χ1) is 17.0. The van der Waals surface area contributed by atoms with Crippen LogP contribution in [0.1, 0.15) is 36.6 Å². The van der Waals surface area contributed by atoms with E-state index in [0.29, 0.717) is 0 Å². The van der Waals surface area contributed by atoms with Gasteiger partial charge in [-0.15, -0.1) is 0 Å². The van der Waals surface area contributed by atoms with Crippen LogP contribution in [-0.2, 0) is 6.54 Å². The highest BCUT2D eigenvalue weighted by atomic mass is 32.1. The van der Waals surface area contributed by atoms with Gasteiger partial charge in [0, 0.05) is 11.9 Å². The lowest BCUT2D eigenvalue weighted by Gasteiger charge is -2.30. The predicted molar refractivity (Wildman–Crippen MR) is 145 cm³/mol. The van der Waals surface area contributed by atoms with E-state index in [0.717, 1.165) is 56.9 Å². The van der Waals surface area contributed by atoms with Crippen LogP contribution in [0.15, 0.2) is 54.6 Å². The van der Waals surface area contributed by atoms with Gasteiger partial charge in [0.15, 0.2) is 10.8 Å². The topological polar surface area (TPSA) is 58.9 Å². The average Bonchev–Trinajstić information content (AvgIpc) is 3.41. The molecule has 1 saturated heterocycles. The van der Waals surface area contributed by atoms with Crippen molar-refractivity contribution in [3.8, 4) is 5.69 Å². The molecule has 4 heterocycles. The number of thiazole rings is 1. The van der Waals surface area contributed by atoms with Crippen LogP contribution in [0.3, 0.4) is 0 Å². The second-order valence-electron chi connectivity index (χ2n) is 9.76. The summed E-state index contributed by atoms with van der Waals surface area (Å²) in [6, 6.07) is 18.9. The summed E-state index contributed by atoms with van der Waals surface area (Å²) < 4.78 is 3.13. The molecule has 178 valence electrons. The Bertz CT molecular complexity index is 1490. The number of para-hydroxylation sites is 1. The third kappa shape index (κ3) is 4.42. The molecule has 3 aromatic heterocycles. The van der Waals surface area contributed by atoms with E-state index in [4.69, 9.17) is 15.1 Å². The smallest absolute Gasteiger partial charge is 0.189 e. The third-order valence-corrected chi connectivity index (χ3v) is 7.91. The zero-order valence-electron chi connectivity index (χ0n) is 20.5. The van der Waals surface area contributed by atoms with Crippen LogP contribution in [0.5, 0.6) is 0 Å². The van der Waals surface area contributed by atoms with Gasteiger partial charge in [-0.25, -0.2) is 14.6 Å². The number of aryl methyl sites for hydroxylation is 2. The van der Waals surface area contributed by atoms with Crippen LogP contribution in [0.4, 0.5) is 10.9 Å². The molecule has 0 amide bonds. The maximum Gasteiger partial charge on any atom is 0.189 e. The predicted octanol–water partition coefficient (Wildman–Crippen LogP) is 6.62. The summed E-state index contributed by atoms with van der Waals surface area (Å²) in [7, 11) is 0. The minimum absolute atomic E-state index is 0.786. The Morgan fingerprint density at radius 1 is 1.00 bits per heavy atom. The number of nitrogens with zero attached hydrogens (tertiary/aromatic N) is 5. The van der Waals surface area contributed by atoms with E-state index in [2.05, 4.69) is 60.5 Å². The summed E-state index contributed by atoms with van der Waals surface area (Å²) in [6.07, 6.45) is 2.60. The molecular weight excluding hydrogens is 452 g/mol. The third-order valence-electron chi connectivity index (χ3n) is 6.98. The zero-order chi connectivity index (χ0) is 23.9. The first-order valence-corrected chi connectivity index (χ1v) is 13.2.